The fourth-order valence-corrected chi connectivity index (χ4v) is 4.45. The van der Waals surface area contributed by atoms with Gasteiger partial charge in [-0.05, 0) is 24.3 Å². The molecule has 0 spiro atoms. The van der Waals surface area contributed by atoms with Crippen LogP contribution in [0.1, 0.15) is 0 Å². The van der Waals surface area contributed by atoms with Crippen molar-refractivity contribution in [1.82, 2.24) is 9.55 Å². The molecule has 0 N–H and O–H groups in total. The van der Waals surface area contributed by atoms with Crippen molar-refractivity contribution in [3.05, 3.63) is 115 Å². The van der Waals surface area contributed by atoms with Crippen LogP contribution in [-0.4, -0.2) is 23.5 Å². The zero-order chi connectivity index (χ0) is 26.0. The van der Waals surface area contributed by atoms with Gasteiger partial charge < -0.3 is 4.18 Å². The van der Waals surface area contributed by atoms with Crippen LogP contribution in [-0.2, 0) is 10.1 Å². The van der Waals surface area contributed by atoms with Gasteiger partial charge in [0, 0.05) is 16.8 Å². The lowest BCUT2D eigenvalue weighted by Crippen LogP contribution is -2.28. The van der Waals surface area contributed by atoms with Gasteiger partial charge in [-0.1, -0.05) is 91.0 Å². The van der Waals surface area contributed by atoms with Crippen molar-refractivity contribution >= 4 is 10.1 Å². The number of benzene rings is 4. The lowest BCUT2D eigenvalue weighted by atomic mass is 10.0. The first-order valence-electron chi connectivity index (χ1n) is 11.2. The molecule has 1 heterocycles. The molecule has 9 heteroatoms. The summed E-state index contributed by atoms with van der Waals surface area (Å²) in [5.41, 5.74) is -1.98. The van der Waals surface area contributed by atoms with Crippen LogP contribution in [0.3, 0.4) is 0 Å². The van der Waals surface area contributed by atoms with Gasteiger partial charge in [0.25, 0.3) is 0 Å². The Morgan fingerprint density at radius 2 is 1.19 bits per heavy atom. The smallest absolute Gasteiger partial charge is 0.375 e. The molecule has 4 aromatic carbocycles. The van der Waals surface area contributed by atoms with Gasteiger partial charge in [0.2, 0.25) is 0 Å². The minimum atomic E-state index is -5.90. The standard InChI is InChI=1S/C28H19F3N2O3S/c29-28(30,31)37(34,35)36-24-19-11-10-18-23(24)27-32-25(20-12-4-1-5-13-20)26(21-14-6-2-7-15-21)33(27)22-16-8-3-9-17-22/h1-19H. The molecular formula is C28H19F3N2O3S. The van der Waals surface area contributed by atoms with Crippen LogP contribution in [0.2, 0.25) is 0 Å². The molecule has 0 saturated heterocycles. The van der Waals surface area contributed by atoms with Gasteiger partial charge in [-0.25, -0.2) is 4.98 Å². The minimum Gasteiger partial charge on any atom is -0.375 e. The molecule has 0 fully saturated rings. The van der Waals surface area contributed by atoms with Gasteiger partial charge in [-0.2, -0.15) is 21.6 Å². The van der Waals surface area contributed by atoms with E-state index in [1.165, 1.54) is 18.2 Å². The van der Waals surface area contributed by atoms with Gasteiger partial charge in [0.1, 0.15) is 5.82 Å². The highest BCUT2D eigenvalue weighted by Gasteiger charge is 2.49. The molecule has 0 aliphatic heterocycles. The molecule has 0 saturated carbocycles. The van der Waals surface area contributed by atoms with Crippen molar-refractivity contribution in [3.8, 4) is 45.3 Å². The van der Waals surface area contributed by atoms with E-state index < -0.39 is 21.4 Å². The van der Waals surface area contributed by atoms with Gasteiger partial charge in [-0.15, -0.1) is 0 Å². The number of hydrogen-bond donors (Lipinski definition) is 0. The summed E-state index contributed by atoms with van der Waals surface area (Å²) in [6.07, 6.45) is 0. The Morgan fingerprint density at radius 1 is 0.676 bits per heavy atom. The Balaban J connectivity index is 1.84. The van der Waals surface area contributed by atoms with Crippen molar-refractivity contribution in [2.75, 3.05) is 0 Å². The zero-order valence-electron chi connectivity index (χ0n) is 19.1. The molecule has 0 unspecified atom stereocenters. The van der Waals surface area contributed by atoms with Crippen molar-refractivity contribution in [2.45, 2.75) is 5.51 Å². The van der Waals surface area contributed by atoms with Gasteiger partial charge in [-0.3, -0.25) is 4.57 Å². The first kappa shape index (κ1) is 24.3. The summed E-state index contributed by atoms with van der Waals surface area (Å²) >= 11 is 0. The van der Waals surface area contributed by atoms with E-state index in [4.69, 9.17) is 4.98 Å². The van der Waals surface area contributed by atoms with Crippen LogP contribution in [0.15, 0.2) is 115 Å². The topological polar surface area (TPSA) is 61.2 Å². The van der Waals surface area contributed by atoms with E-state index in [1.807, 2.05) is 91.0 Å². The normalized spacial score (nSPS) is 11.9. The molecule has 0 bridgehead atoms. The number of rotatable bonds is 6. The van der Waals surface area contributed by atoms with Crippen molar-refractivity contribution in [1.29, 1.82) is 0 Å². The molecule has 0 radical (unpaired) electrons. The lowest BCUT2D eigenvalue weighted by molar-refractivity contribution is -0.0499. The predicted octanol–water partition coefficient (Wildman–Crippen LogP) is 7.10. The van der Waals surface area contributed by atoms with Crippen LogP contribution < -0.4 is 4.18 Å². The van der Waals surface area contributed by atoms with E-state index in [-0.39, 0.29) is 11.4 Å². The largest absolute Gasteiger partial charge is 0.534 e. The minimum absolute atomic E-state index is 0.0820. The van der Waals surface area contributed by atoms with Gasteiger partial charge >= 0.3 is 15.6 Å². The maximum Gasteiger partial charge on any atom is 0.534 e. The van der Waals surface area contributed by atoms with E-state index in [0.717, 1.165) is 11.1 Å². The SMILES string of the molecule is O=S(=O)(Oc1ccccc1-c1nc(-c2ccccc2)c(-c2ccccc2)n1-c1ccccc1)C(F)(F)F. The molecule has 5 rings (SSSR count). The van der Waals surface area contributed by atoms with Crippen LogP contribution >= 0.6 is 0 Å². The van der Waals surface area contributed by atoms with E-state index in [1.54, 1.807) is 10.6 Å². The summed E-state index contributed by atoms with van der Waals surface area (Å²) in [5, 5.41) is 0. The summed E-state index contributed by atoms with van der Waals surface area (Å²) in [6.45, 7) is 0. The highest BCUT2D eigenvalue weighted by Crippen LogP contribution is 2.41. The third kappa shape index (κ3) is 4.73. The first-order valence-corrected chi connectivity index (χ1v) is 12.6. The highest BCUT2D eigenvalue weighted by molar-refractivity contribution is 7.88. The Bertz CT molecular complexity index is 1640. The molecule has 186 valence electrons. The first-order chi connectivity index (χ1) is 17.8. The number of hydrogen-bond acceptors (Lipinski definition) is 4. The third-order valence-electron chi connectivity index (χ3n) is 5.60. The quantitative estimate of drug-likeness (QED) is 0.177. The molecule has 0 aliphatic carbocycles. The Labute approximate surface area is 211 Å². The van der Waals surface area contributed by atoms with E-state index >= 15 is 0 Å². The van der Waals surface area contributed by atoms with Crippen LogP contribution in [0.4, 0.5) is 13.2 Å². The second-order valence-electron chi connectivity index (χ2n) is 8.01. The summed E-state index contributed by atoms with van der Waals surface area (Å²) in [4.78, 5) is 4.86. The summed E-state index contributed by atoms with van der Waals surface area (Å²) in [5.74, 6) is -0.266. The van der Waals surface area contributed by atoms with Crippen LogP contribution in [0.25, 0.3) is 39.6 Å². The Hall–Kier alpha value is -4.37. The number of imidazole rings is 1. The number of para-hydroxylation sites is 2. The van der Waals surface area contributed by atoms with Crippen LogP contribution in [0.5, 0.6) is 5.75 Å². The third-order valence-corrected chi connectivity index (χ3v) is 6.56. The predicted molar refractivity (Wildman–Crippen MR) is 135 cm³/mol. The average molecular weight is 521 g/mol. The second kappa shape index (κ2) is 9.59. The van der Waals surface area contributed by atoms with E-state index in [2.05, 4.69) is 4.18 Å². The lowest BCUT2D eigenvalue weighted by Gasteiger charge is -2.16. The van der Waals surface area contributed by atoms with Crippen molar-refractivity contribution in [3.63, 3.8) is 0 Å². The van der Waals surface area contributed by atoms with E-state index in [9.17, 15) is 21.6 Å². The average Bonchev–Trinajstić information content (AvgIpc) is 3.30. The monoisotopic (exact) mass is 520 g/mol. The zero-order valence-corrected chi connectivity index (χ0v) is 19.9. The Morgan fingerprint density at radius 3 is 1.78 bits per heavy atom. The maximum absolute atomic E-state index is 13.2. The van der Waals surface area contributed by atoms with Crippen LogP contribution in [0, 0.1) is 0 Å². The van der Waals surface area contributed by atoms with Gasteiger partial charge in [0.05, 0.1) is 17.0 Å². The Kier molecular flexibility index (Phi) is 6.31. The summed E-state index contributed by atoms with van der Waals surface area (Å²) < 4.78 is 69.7. The van der Waals surface area contributed by atoms with Crippen molar-refractivity contribution < 1.29 is 25.8 Å². The fourth-order valence-electron chi connectivity index (χ4n) is 3.98. The number of halogens is 3. The number of nitrogens with zero attached hydrogens (tertiary/aromatic N) is 2. The fraction of sp³-hybridized carbons (Fsp3) is 0.0357. The molecule has 5 aromatic rings. The summed E-state index contributed by atoms with van der Waals surface area (Å²) in [6, 6.07) is 33.6. The highest BCUT2D eigenvalue weighted by atomic mass is 32.2. The molecular weight excluding hydrogens is 501 g/mol. The van der Waals surface area contributed by atoms with E-state index in [0.29, 0.717) is 17.1 Å². The van der Waals surface area contributed by atoms with Crippen molar-refractivity contribution in [2.24, 2.45) is 0 Å². The van der Waals surface area contributed by atoms with Gasteiger partial charge in [0.15, 0.2) is 5.75 Å². The molecule has 37 heavy (non-hydrogen) atoms. The number of aromatic nitrogens is 2. The molecule has 5 nitrogen and oxygen atoms in total. The maximum atomic E-state index is 13.2. The molecule has 0 aliphatic rings. The molecule has 0 amide bonds. The molecule has 1 aromatic heterocycles. The summed E-state index contributed by atoms with van der Waals surface area (Å²) in [7, 11) is -5.90. The second-order valence-corrected chi connectivity index (χ2v) is 9.55. The number of alkyl halides is 3. The molecule has 0 atom stereocenters.